The molecule has 2 rings (SSSR count). The molecule has 20 heavy (non-hydrogen) atoms. The zero-order valence-electron chi connectivity index (χ0n) is 11.2. The monoisotopic (exact) mass is 291 g/mol. The minimum atomic E-state index is -0.441. The average molecular weight is 292 g/mol. The molecule has 0 heterocycles. The molecule has 0 amide bonds. The van der Waals surface area contributed by atoms with E-state index in [1.54, 1.807) is 25.1 Å². The van der Waals surface area contributed by atoms with E-state index in [0.29, 0.717) is 11.6 Å². The molecule has 0 bridgehead atoms. The fourth-order valence-corrected chi connectivity index (χ4v) is 1.98. The highest BCUT2D eigenvalue weighted by atomic mass is 35.5. The van der Waals surface area contributed by atoms with E-state index < -0.39 is 4.92 Å². The summed E-state index contributed by atoms with van der Waals surface area (Å²) in [5.41, 5.74) is 2.58. The topological polar surface area (TPSA) is 52.4 Å². The van der Waals surface area contributed by atoms with Crippen LogP contribution < -0.4 is 4.74 Å². The lowest BCUT2D eigenvalue weighted by Gasteiger charge is -2.10. The fourth-order valence-electron chi connectivity index (χ4n) is 1.81. The van der Waals surface area contributed by atoms with Crippen molar-refractivity contribution in [3.8, 4) is 11.5 Å². The molecule has 0 aliphatic rings. The van der Waals surface area contributed by atoms with Crippen LogP contribution in [-0.4, -0.2) is 4.92 Å². The highest BCUT2D eigenvalue weighted by Crippen LogP contribution is 2.34. The number of nitro groups is 1. The predicted octanol–water partition coefficient (Wildman–Crippen LogP) is 4.74. The number of halogens is 1. The first kappa shape index (κ1) is 14.3. The molecular formula is C15H14ClNO3. The van der Waals surface area contributed by atoms with E-state index >= 15 is 0 Å². The van der Waals surface area contributed by atoms with Gasteiger partial charge in [0, 0.05) is 11.9 Å². The normalized spacial score (nSPS) is 10.3. The first-order valence-corrected chi connectivity index (χ1v) is 6.63. The Morgan fingerprint density at radius 1 is 1.15 bits per heavy atom. The summed E-state index contributed by atoms with van der Waals surface area (Å²) < 4.78 is 5.70. The molecule has 0 saturated carbocycles. The van der Waals surface area contributed by atoms with Crippen LogP contribution in [0.4, 0.5) is 5.69 Å². The van der Waals surface area contributed by atoms with Crippen molar-refractivity contribution in [3.63, 3.8) is 0 Å². The largest absolute Gasteiger partial charge is 0.450 e. The van der Waals surface area contributed by atoms with Gasteiger partial charge in [0.25, 0.3) is 0 Å². The molecule has 2 aromatic carbocycles. The van der Waals surface area contributed by atoms with Crippen LogP contribution in [0.1, 0.15) is 16.7 Å². The molecule has 4 nitrogen and oxygen atoms in total. The molecule has 104 valence electrons. The molecule has 0 aliphatic carbocycles. The molecule has 0 atom stereocenters. The minimum absolute atomic E-state index is 0.0410. The number of hydrogen-bond acceptors (Lipinski definition) is 3. The van der Waals surface area contributed by atoms with E-state index in [1.807, 2.05) is 19.1 Å². The van der Waals surface area contributed by atoms with Crippen molar-refractivity contribution in [1.29, 1.82) is 0 Å². The second kappa shape index (κ2) is 5.92. The lowest BCUT2D eigenvalue weighted by molar-refractivity contribution is -0.385. The van der Waals surface area contributed by atoms with Crippen molar-refractivity contribution in [3.05, 3.63) is 63.2 Å². The molecule has 0 fully saturated rings. The molecule has 0 aromatic heterocycles. The van der Waals surface area contributed by atoms with E-state index in [9.17, 15) is 10.1 Å². The lowest BCUT2D eigenvalue weighted by atomic mass is 10.1. The SMILES string of the molecule is Cc1ccc(Oc2cc(CCl)ccc2C)c([N+](=O)[O-])c1. The second-order valence-corrected chi connectivity index (χ2v) is 4.83. The van der Waals surface area contributed by atoms with Crippen LogP contribution in [0.5, 0.6) is 11.5 Å². The summed E-state index contributed by atoms with van der Waals surface area (Å²) >= 11 is 5.79. The summed E-state index contributed by atoms with van der Waals surface area (Å²) in [7, 11) is 0. The second-order valence-electron chi connectivity index (χ2n) is 4.56. The van der Waals surface area contributed by atoms with E-state index in [4.69, 9.17) is 16.3 Å². The zero-order chi connectivity index (χ0) is 14.7. The van der Waals surface area contributed by atoms with E-state index in [1.165, 1.54) is 6.07 Å². The van der Waals surface area contributed by atoms with E-state index in [0.717, 1.165) is 16.7 Å². The number of ether oxygens (including phenoxy) is 1. The molecule has 0 unspecified atom stereocenters. The van der Waals surface area contributed by atoms with Gasteiger partial charge >= 0.3 is 5.69 Å². The number of hydrogen-bond donors (Lipinski definition) is 0. The highest BCUT2D eigenvalue weighted by Gasteiger charge is 2.16. The van der Waals surface area contributed by atoms with Gasteiger partial charge in [-0.25, -0.2) is 0 Å². The summed E-state index contributed by atoms with van der Waals surface area (Å²) in [5, 5.41) is 11.1. The highest BCUT2D eigenvalue weighted by molar-refractivity contribution is 6.17. The van der Waals surface area contributed by atoms with Crippen LogP contribution in [-0.2, 0) is 5.88 Å². The number of aryl methyl sites for hydroxylation is 2. The van der Waals surface area contributed by atoms with Crippen LogP contribution >= 0.6 is 11.6 Å². The maximum Gasteiger partial charge on any atom is 0.311 e. The van der Waals surface area contributed by atoms with Crippen LogP contribution in [0, 0.1) is 24.0 Å². The predicted molar refractivity (Wildman–Crippen MR) is 78.6 cm³/mol. The summed E-state index contributed by atoms with van der Waals surface area (Å²) in [6.45, 7) is 3.68. The summed E-state index contributed by atoms with van der Waals surface area (Å²) in [5.74, 6) is 1.18. The van der Waals surface area contributed by atoms with Gasteiger partial charge in [0.2, 0.25) is 5.75 Å². The molecule has 2 aromatic rings. The van der Waals surface area contributed by atoms with Gasteiger partial charge < -0.3 is 4.74 Å². The summed E-state index contributed by atoms with van der Waals surface area (Å²) in [6, 6.07) is 10.5. The van der Waals surface area contributed by atoms with Gasteiger partial charge in [-0.05, 0) is 42.7 Å². The average Bonchev–Trinajstić information content (AvgIpc) is 2.42. The van der Waals surface area contributed by atoms with Gasteiger partial charge in [-0.3, -0.25) is 10.1 Å². The maximum atomic E-state index is 11.1. The Kier molecular flexibility index (Phi) is 4.25. The van der Waals surface area contributed by atoms with Crippen LogP contribution in [0.2, 0.25) is 0 Å². The van der Waals surface area contributed by atoms with E-state index in [2.05, 4.69) is 0 Å². The first-order chi connectivity index (χ1) is 9.51. The molecular weight excluding hydrogens is 278 g/mol. The van der Waals surface area contributed by atoms with Crippen molar-refractivity contribution in [2.45, 2.75) is 19.7 Å². The van der Waals surface area contributed by atoms with Crippen LogP contribution in [0.3, 0.4) is 0 Å². The van der Waals surface area contributed by atoms with Crippen molar-refractivity contribution in [2.24, 2.45) is 0 Å². The molecule has 5 heteroatoms. The van der Waals surface area contributed by atoms with Crippen molar-refractivity contribution >= 4 is 17.3 Å². The summed E-state index contributed by atoms with van der Waals surface area (Å²) in [6.07, 6.45) is 0. The van der Waals surface area contributed by atoms with Crippen molar-refractivity contribution in [1.82, 2.24) is 0 Å². The molecule has 0 spiro atoms. The Balaban J connectivity index is 2.42. The Labute approximate surface area is 122 Å². The number of rotatable bonds is 4. The molecule has 0 N–H and O–H groups in total. The first-order valence-electron chi connectivity index (χ1n) is 6.09. The number of alkyl halides is 1. The molecule has 0 radical (unpaired) electrons. The van der Waals surface area contributed by atoms with Gasteiger partial charge in [-0.2, -0.15) is 0 Å². The number of benzene rings is 2. The van der Waals surface area contributed by atoms with Gasteiger partial charge in [-0.1, -0.05) is 18.2 Å². The Hall–Kier alpha value is -2.07. The maximum absolute atomic E-state index is 11.1. The smallest absolute Gasteiger partial charge is 0.311 e. The number of nitro benzene ring substituents is 1. The van der Waals surface area contributed by atoms with Crippen LogP contribution in [0.15, 0.2) is 36.4 Å². The third kappa shape index (κ3) is 3.08. The van der Waals surface area contributed by atoms with Gasteiger partial charge in [0.15, 0.2) is 0 Å². The Bertz CT molecular complexity index is 656. The van der Waals surface area contributed by atoms with Gasteiger partial charge in [0.1, 0.15) is 5.75 Å². The lowest BCUT2D eigenvalue weighted by Crippen LogP contribution is -1.95. The van der Waals surface area contributed by atoms with Crippen LogP contribution in [0.25, 0.3) is 0 Å². The standard InChI is InChI=1S/C15H14ClNO3/c1-10-3-6-14(13(7-10)17(18)19)20-15-8-12(9-16)5-4-11(15)2/h3-8H,9H2,1-2H3. The molecule has 0 saturated heterocycles. The molecule has 0 aliphatic heterocycles. The third-order valence-corrected chi connectivity index (χ3v) is 3.25. The summed E-state index contributed by atoms with van der Waals surface area (Å²) in [4.78, 5) is 10.6. The third-order valence-electron chi connectivity index (χ3n) is 2.94. The Morgan fingerprint density at radius 3 is 2.55 bits per heavy atom. The van der Waals surface area contributed by atoms with Gasteiger partial charge in [-0.15, -0.1) is 11.6 Å². The fraction of sp³-hybridized carbons (Fsp3) is 0.200. The van der Waals surface area contributed by atoms with Gasteiger partial charge in [0.05, 0.1) is 4.92 Å². The Morgan fingerprint density at radius 2 is 1.90 bits per heavy atom. The van der Waals surface area contributed by atoms with Crippen molar-refractivity contribution in [2.75, 3.05) is 0 Å². The van der Waals surface area contributed by atoms with E-state index in [-0.39, 0.29) is 11.4 Å². The van der Waals surface area contributed by atoms with Crippen molar-refractivity contribution < 1.29 is 9.66 Å². The number of nitrogens with zero attached hydrogens (tertiary/aromatic N) is 1. The zero-order valence-corrected chi connectivity index (χ0v) is 12.0. The quantitative estimate of drug-likeness (QED) is 0.464. The minimum Gasteiger partial charge on any atom is -0.450 e.